The van der Waals surface area contributed by atoms with Gasteiger partial charge in [0.1, 0.15) is 39.9 Å². The van der Waals surface area contributed by atoms with Gasteiger partial charge in [-0.05, 0) is 92.1 Å². The summed E-state index contributed by atoms with van der Waals surface area (Å²) < 4.78 is 1.45. The number of fused-ring (bicyclic) bond motifs is 5. The third kappa shape index (κ3) is 8.85. The number of nitrogens with zero attached hydrogens (tertiary/aromatic N) is 4. The number of aryl methyl sites for hydroxylation is 1. The van der Waals surface area contributed by atoms with E-state index >= 15 is 0 Å². The molecule has 0 spiro atoms. The maximum atomic E-state index is 12.7. The quantitative estimate of drug-likeness (QED) is 0.0855. The first-order valence-electron chi connectivity index (χ1n) is 23.3. The van der Waals surface area contributed by atoms with Gasteiger partial charge in [-0.1, -0.05) is 45.4 Å². The lowest BCUT2D eigenvalue weighted by molar-refractivity contribution is -0.121. The smallest absolute Gasteiger partial charge is 0.219 e. The summed E-state index contributed by atoms with van der Waals surface area (Å²) in [7, 11) is 0. The first-order chi connectivity index (χ1) is 32.6. The Morgan fingerprint density at radius 1 is 0.851 bits per heavy atom. The number of aromatic amines is 1. The molecule has 0 radical (unpaired) electrons. The van der Waals surface area contributed by atoms with E-state index in [2.05, 4.69) is 75.6 Å². The van der Waals surface area contributed by atoms with Crippen molar-refractivity contribution in [3.63, 3.8) is 0 Å². The Balaban J connectivity index is 0.773. The largest absolute Gasteiger partial charge is 0.384 e. The summed E-state index contributed by atoms with van der Waals surface area (Å²) in [5, 5.41) is 20.7. The predicted octanol–water partition coefficient (Wildman–Crippen LogP) is 4.51. The highest BCUT2D eigenvalue weighted by Crippen LogP contribution is 2.49. The SMILES string of the molecule is CCc1cc2c(cc1N1CCN(CCCCCC(=O)NCCCCNc3cccc4c(=C=O)n(C5CCC(=C=O)NC5=C=O)c(=C=O)c34)CC1)C(C)(C)c1[nH]c3cc(C#N)ccc3c1C2=C=O. The van der Waals surface area contributed by atoms with Crippen LogP contribution in [0.25, 0.3) is 27.2 Å². The molecule has 4 N–H and O–H groups in total. The Morgan fingerprint density at radius 3 is 2.36 bits per heavy atom. The average molecular weight is 899 g/mol. The van der Waals surface area contributed by atoms with Crippen molar-refractivity contribution in [2.45, 2.75) is 90.0 Å². The van der Waals surface area contributed by atoms with Crippen molar-refractivity contribution in [3.05, 3.63) is 104 Å². The van der Waals surface area contributed by atoms with Crippen LogP contribution in [0, 0.1) is 11.3 Å². The van der Waals surface area contributed by atoms with Crippen LogP contribution >= 0.6 is 0 Å². The molecule has 342 valence electrons. The van der Waals surface area contributed by atoms with E-state index in [1.165, 1.54) is 15.8 Å². The van der Waals surface area contributed by atoms with Gasteiger partial charge < -0.3 is 30.4 Å². The minimum Gasteiger partial charge on any atom is -0.384 e. The van der Waals surface area contributed by atoms with Crippen LogP contribution in [0.5, 0.6) is 0 Å². The van der Waals surface area contributed by atoms with Crippen molar-refractivity contribution in [2.24, 2.45) is 0 Å². The van der Waals surface area contributed by atoms with Crippen LogP contribution in [0.4, 0.5) is 11.4 Å². The van der Waals surface area contributed by atoms with E-state index in [1.54, 1.807) is 24.1 Å². The Kier molecular flexibility index (Phi) is 13.8. The molecule has 14 nitrogen and oxygen atoms in total. The van der Waals surface area contributed by atoms with E-state index in [0.717, 1.165) is 105 Å². The summed E-state index contributed by atoms with van der Waals surface area (Å²) >= 11 is 0. The number of anilines is 2. The van der Waals surface area contributed by atoms with E-state index in [0.29, 0.717) is 47.1 Å². The fraction of sp³-hybridized carbons (Fsp3) is 0.396. The molecule has 14 heteroatoms. The first kappa shape index (κ1) is 46.1. The molecule has 2 fully saturated rings. The monoisotopic (exact) mass is 898 g/mol. The van der Waals surface area contributed by atoms with E-state index in [1.807, 2.05) is 36.0 Å². The van der Waals surface area contributed by atoms with Gasteiger partial charge in [-0.25, -0.2) is 24.0 Å². The third-order valence-corrected chi connectivity index (χ3v) is 13.8. The number of piperazine rings is 1. The summed E-state index contributed by atoms with van der Waals surface area (Å²) in [6.45, 7) is 12.3. The molecule has 3 aromatic carbocycles. The molecule has 1 unspecified atom stereocenters. The number of allylic oxidation sites excluding steroid dienone is 2. The number of hydrogen-bond donors (Lipinski definition) is 4. The number of amides is 1. The molecule has 2 aromatic heterocycles. The zero-order valence-electron chi connectivity index (χ0n) is 38.2. The van der Waals surface area contributed by atoms with Gasteiger partial charge in [-0.15, -0.1) is 0 Å². The molecular weight excluding hydrogens is 845 g/mol. The molecule has 1 atom stereocenters. The van der Waals surface area contributed by atoms with Gasteiger partial charge in [0.15, 0.2) is 11.9 Å². The Bertz CT molecular complexity index is 3150. The summed E-state index contributed by atoms with van der Waals surface area (Å²) in [5.74, 6) is 9.82. The lowest BCUT2D eigenvalue weighted by Crippen LogP contribution is -2.47. The number of nitrogens with one attached hydrogen (secondary N) is 4. The molecular formula is C53H54N8O6. The number of unbranched alkanes of at least 4 members (excludes halogenated alkanes) is 3. The minimum atomic E-state index is -0.733. The maximum absolute atomic E-state index is 12.7. The Labute approximate surface area is 388 Å². The topological polar surface area (TPSA) is 189 Å². The summed E-state index contributed by atoms with van der Waals surface area (Å²) in [4.78, 5) is 81.5. The van der Waals surface area contributed by atoms with Crippen molar-refractivity contribution in [2.75, 3.05) is 56.0 Å². The van der Waals surface area contributed by atoms with Crippen LogP contribution in [0.15, 0.2) is 59.9 Å². The van der Waals surface area contributed by atoms with E-state index in [9.17, 15) is 34.0 Å². The van der Waals surface area contributed by atoms with Crippen molar-refractivity contribution in [3.8, 4) is 6.07 Å². The van der Waals surface area contributed by atoms with Crippen LogP contribution in [-0.2, 0) is 40.6 Å². The minimum absolute atomic E-state index is 0.0264. The van der Waals surface area contributed by atoms with Crippen LogP contribution in [0.3, 0.4) is 0 Å². The van der Waals surface area contributed by atoms with E-state index in [4.69, 9.17) is 0 Å². The van der Waals surface area contributed by atoms with Gasteiger partial charge >= 0.3 is 0 Å². The van der Waals surface area contributed by atoms with Crippen LogP contribution in [0.2, 0.25) is 0 Å². The van der Waals surface area contributed by atoms with Crippen LogP contribution in [0.1, 0.15) is 112 Å². The molecule has 67 heavy (non-hydrogen) atoms. The Morgan fingerprint density at radius 2 is 1.64 bits per heavy atom. The number of nitriles is 1. The number of carbonyl (C=O) groups excluding carboxylic acids is 6. The highest BCUT2D eigenvalue weighted by molar-refractivity contribution is 6.10. The fourth-order valence-electron chi connectivity index (χ4n) is 10.3. The third-order valence-electron chi connectivity index (χ3n) is 13.8. The first-order valence-corrected chi connectivity index (χ1v) is 23.3. The molecule has 8 rings (SSSR count). The van der Waals surface area contributed by atoms with Crippen molar-refractivity contribution >= 4 is 74.2 Å². The van der Waals surface area contributed by atoms with Gasteiger partial charge in [-0.2, -0.15) is 5.26 Å². The number of hydrogen-bond acceptors (Lipinski definition) is 11. The van der Waals surface area contributed by atoms with Crippen molar-refractivity contribution in [1.82, 2.24) is 25.1 Å². The second kappa shape index (κ2) is 20.0. The number of H-pyrrole nitrogens is 1. The molecule has 1 aliphatic carbocycles. The second-order valence-corrected chi connectivity index (χ2v) is 18.1. The molecule has 4 heterocycles. The lowest BCUT2D eigenvalue weighted by atomic mass is 9.69. The van der Waals surface area contributed by atoms with Crippen LogP contribution < -0.4 is 31.5 Å². The van der Waals surface area contributed by atoms with E-state index < -0.39 is 11.5 Å². The molecule has 0 bridgehead atoms. The lowest BCUT2D eigenvalue weighted by Gasteiger charge is -2.39. The maximum Gasteiger partial charge on any atom is 0.219 e. The zero-order chi connectivity index (χ0) is 47.2. The predicted molar refractivity (Wildman–Crippen MR) is 258 cm³/mol. The highest BCUT2D eigenvalue weighted by atomic mass is 16.1. The molecule has 0 saturated carbocycles. The summed E-state index contributed by atoms with van der Waals surface area (Å²) in [6.07, 6.45) is 6.16. The zero-order valence-corrected chi connectivity index (χ0v) is 38.2. The molecule has 3 aliphatic rings. The number of benzene rings is 3. The summed E-state index contributed by atoms with van der Waals surface area (Å²) in [5.41, 5.74) is 8.73. The normalized spacial score (nSPS) is 16.5. The van der Waals surface area contributed by atoms with Gasteiger partial charge in [0.2, 0.25) is 5.91 Å². The standard InChI is InChI=1S/C53H54N8O6/c1-4-35-26-39-40(30-63)50-37-16-14-34(28-54)25-43(37)58-52(50)53(2,3)41(39)27-46(35)60-23-21-59(22-24-60)20-9-5-6-13-49(67)56-19-8-7-18-55-42-12-10-11-38-47(32-65)61(48(33-66)51(38)42)45-17-15-36(29-62)57-44(45)31-64/h10-12,14,16,25-27,45,55,57-58H,4-9,13,15,17-24H2,1-3H3,(H,56,67). The van der Waals surface area contributed by atoms with Gasteiger partial charge in [0, 0.05) is 102 Å². The Hall–Kier alpha value is -7.43. The summed E-state index contributed by atoms with van der Waals surface area (Å²) in [6, 6.07) is 16.8. The average Bonchev–Trinajstić information content (AvgIpc) is 3.91. The number of carbonyl (C=O) groups is 1. The molecule has 2 saturated heterocycles. The van der Waals surface area contributed by atoms with Crippen molar-refractivity contribution in [1.29, 1.82) is 5.26 Å². The number of aromatic nitrogens is 2. The van der Waals surface area contributed by atoms with Gasteiger partial charge in [0.25, 0.3) is 0 Å². The number of piperidine rings is 1. The van der Waals surface area contributed by atoms with Crippen LogP contribution in [-0.4, -0.2) is 95.9 Å². The molecule has 1 amide bonds. The van der Waals surface area contributed by atoms with Gasteiger partial charge in [0.05, 0.1) is 23.2 Å². The highest BCUT2D eigenvalue weighted by Gasteiger charge is 2.39. The number of rotatable bonds is 15. The van der Waals surface area contributed by atoms with E-state index in [-0.39, 0.29) is 40.8 Å². The molecule has 5 aromatic rings. The fourth-order valence-corrected chi connectivity index (χ4v) is 10.3. The molecule has 2 aliphatic heterocycles. The van der Waals surface area contributed by atoms with Crippen molar-refractivity contribution < 1.29 is 28.8 Å². The van der Waals surface area contributed by atoms with Gasteiger partial charge in [-0.3, -0.25) is 9.69 Å². The second-order valence-electron chi connectivity index (χ2n) is 18.1.